The minimum absolute atomic E-state index is 0.130. The molecule has 3 unspecified atom stereocenters. The molecule has 3 rings (SSSR count). The average Bonchev–Trinajstić information content (AvgIpc) is 3.21. The number of nitrogens with two attached hydrogens (primary N) is 3. The van der Waals surface area contributed by atoms with Gasteiger partial charge in [-0.1, -0.05) is 6.07 Å². The number of nitrogens with one attached hydrogen (secondary N) is 2. The first-order valence-corrected chi connectivity index (χ1v) is 10.5. The van der Waals surface area contributed by atoms with Crippen LogP contribution in [0.2, 0.25) is 0 Å². The lowest BCUT2D eigenvalue weighted by Crippen LogP contribution is -2.35. The Morgan fingerprint density at radius 1 is 1.25 bits per heavy atom. The van der Waals surface area contributed by atoms with Crippen molar-refractivity contribution in [1.82, 2.24) is 30.3 Å². The summed E-state index contributed by atoms with van der Waals surface area (Å²) < 4.78 is 28.1. The molecule has 0 aliphatic rings. The van der Waals surface area contributed by atoms with E-state index in [1.807, 2.05) is 0 Å². The Balaban J connectivity index is 2.25. The highest BCUT2D eigenvalue weighted by Gasteiger charge is 2.25. The number of tetrazole rings is 1. The number of rotatable bonds is 7. The first kappa shape index (κ1) is 20.2. The van der Waals surface area contributed by atoms with Crippen molar-refractivity contribution in [3.63, 3.8) is 0 Å². The number of hydrogen-bond acceptors (Lipinski definition) is 8. The number of nitrogen functional groups attached to an aromatic ring is 1. The highest BCUT2D eigenvalue weighted by molar-refractivity contribution is 7.86. The zero-order chi connectivity index (χ0) is 20.3. The van der Waals surface area contributed by atoms with Crippen molar-refractivity contribution in [2.45, 2.75) is 22.8 Å². The third kappa shape index (κ3) is 4.13. The van der Waals surface area contributed by atoms with E-state index in [0.29, 0.717) is 22.5 Å². The van der Waals surface area contributed by atoms with E-state index in [4.69, 9.17) is 16.6 Å². The average molecular weight is 422 g/mol. The van der Waals surface area contributed by atoms with Crippen molar-refractivity contribution in [2.75, 3.05) is 12.3 Å². The lowest BCUT2D eigenvalue weighted by Gasteiger charge is -2.17. The number of hydrogen-bond donors (Lipinski definition) is 5. The predicted molar refractivity (Wildman–Crippen MR) is 106 cm³/mol. The predicted octanol–water partition coefficient (Wildman–Crippen LogP) is -0.548. The topological polar surface area (TPSA) is 192 Å². The third-order valence-electron chi connectivity index (χ3n) is 3.85. The molecular formula is C15H19N9O2S2. The SMILES string of the molecule is CC(CN)NS(=O)c1ccc(-c2ccc(N)nc2)c(-c2nn[nH]n2)c1S(N)=O. The number of aromatic amines is 1. The second-order valence-corrected chi connectivity index (χ2v) is 8.06. The summed E-state index contributed by atoms with van der Waals surface area (Å²) in [5, 5.41) is 19.7. The summed E-state index contributed by atoms with van der Waals surface area (Å²) in [6, 6.07) is 6.44. The zero-order valence-corrected chi connectivity index (χ0v) is 16.5. The van der Waals surface area contributed by atoms with Crippen LogP contribution in [-0.4, -0.2) is 46.6 Å². The number of nitrogens with zero attached hydrogens (tertiary/aromatic N) is 4. The zero-order valence-electron chi connectivity index (χ0n) is 14.8. The third-order valence-corrected chi connectivity index (χ3v) is 6.16. The lowest BCUT2D eigenvalue weighted by molar-refractivity contribution is 0.637. The number of pyridine rings is 1. The van der Waals surface area contributed by atoms with E-state index in [-0.39, 0.29) is 28.2 Å². The number of aromatic nitrogens is 5. The molecule has 0 aliphatic heterocycles. The fraction of sp³-hybridized carbons (Fsp3) is 0.200. The Bertz CT molecular complexity index is 1010. The van der Waals surface area contributed by atoms with Crippen molar-refractivity contribution in [2.24, 2.45) is 10.9 Å². The smallest absolute Gasteiger partial charge is 0.206 e. The molecule has 2 heterocycles. The Morgan fingerprint density at radius 2 is 2.04 bits per heavy atom. The Hall–Kier alpha value is -2.58. The molecule has 1 aromatic carbocycles. The summed E-state index contributed by atoms with van der Waals surface area (Å²) in [7, 11) is -3.70. The van der Waals surface area contributed by atoms with Crippen LogP contribution in [0.5, 0.6) is 0 Å². The highest BCUT2D eigenvalue weighted by atomic mass is 32.2. The second-order valence-electron chi connectivity index (χ2n) is 5.84. The van der Waals surface area contributed by atoms with Crippen LogP contribution in [0.4, 0.5) is 5.82 Å². The van der Waals surface area contributed by atoms with Gasteiger partial charge in [-0.05, 0) is 35.9 Å². The van der Waals surface area contributed by atoms with Gasteiger partial charge in [-0.3, -0.25) is 0 Å². The van der Waals surface area contributed by atoms with Crippen LogP contribution in [0.1, 0.15) is 6.92 Å². The van der Waals surface area contributed by atoms with Crippen molar-refractivity contribution in [3.05, 3.63) is 30.5 Å². The molecule has 0 bridgehead atoms. The Kier molecular flexibility index (Phi) is 6.21. The normalized spacial score (nSPS) is 14.5. The number of benzene rings is 1. The van der Waals surface area contributed by atoms with Crippen LogP contribution in [0, 0.1) is 0 Å². The first-order valence-electron chi connectivity index (χ1n) is 8.09. The van der Waals surface area contributed by atoms with Gasteiger partial charge in [0.1, 0.15) is 27.8 Å². The fourth-order valence-corrected chi connectivity index (χ4v) is 4.69. The minimum Gasteiger partial charge on any atom is -0.384 e. The summed E-state index contributed by atoms with van der Waals surface area (Å²) in [5.41, 5.74) is 12.8. The molecule has 28 heavy (non-hydrogen) atoms. The van der Waals surface area contributed by atoms with Crippen LogP contribution in [0.3, 0.4) is 0 Å². The fourth-order valence-electron chi connectivity index (χ4n) is 2.50. The minimum atomic E-state index is -1.99. The van der Waals surface area contributed by atoms with Crippen molar-refractivity contribution < 1.29 is 8.42 Å². The van der Waals surface area contributed by atoms with Gasteiger partial charge in [0.05, 0.1) is 9.79 Å². The van der Waals surface area contributed by atoms with E-state index in [1.165, 1.54) is 0 Å². The van der Waals surface area contributed by atoms with Gasteiger partial charge in [0.15, 0.2) is 0 Å². The molecule has 3 atom stereocenters. The maximum atomic E-state index is 12.8. The van der Waals surface area contributed by atoms with E-state index in [1.54, 1.807) is 37.4 Å². The van der Waals surface area contributed by atoms with Gasteiger partial charge in [0.25, 0.3) is 0 Å². The van der Waals surface area contributed by atoms with E-state index in [0.717, 1.165) is 0 Å². The monoisotopic (exact) mass is 421 g/mol. The molecule has 148 valence electrons. The molecule has 0 saturated carbocycles. The molecule has 2 aromatic heterocycles. The molecule has 0 fully saturated rings. The number of H-pyrrole nitrogens is 1. The summed E-state index contributed by atoms with van der Waals surface area (Å²) in [4.78, 5) is 4.45. The molecule has 8 N–H and O–H groups in total. The van der Waals surface area contributed by atoms with Crippen molar-refractivity contribution >= 4 is 27.8 Å². The van der Waals surface area contributed by atoms with Crippen LogP contribution in [0.15, 0.2) is 40.3 Å². The summed E-state index contributed by atoms with van der Waals surface area (Å²) >= 11 is 0. The quantitative estimate of drug-likeness (QED) is 0.335. The van der Waals surface area contributed by atoms with Gasteiger partial charge in [0, 0.05) is 29.9 Å². The van der Waals surface area contributed by atoms with Gasteiger partial charge in [0.2, 0.25) is 5.82 Å². The molecule has 0 aliphatic carbocycles. The Morgan fingerprint density at radius 3 is 2.61 bits per heavy atom. The maximum absolute atomic E-state index is 12.8. The molecule has 0 spiro atoms. The van der Waals surface area contributed by atoms with E-state index < -0.39 is 22.0 Å². The lowest BCUT2D eigenvalue weighted by atomic mass is 10.0. The van der Waals surface area contributed by atoms with E-state index >= 15 is 0 Å². The van der Waals surface area contributed by atoms with Crippen molar-refractivity contribution in [3.8, 4) is 22.5 Å². The second kappa shape index (κ2) is 8.62. The van der Waals surface area contributed by atoms with Gasteiger partial charge >= 0.3 is 0 Å². The molecule has 11 nitrogen and oxygen atoms in total. The summed E-state index contributed by atoms with van der Waals surface area (Å²) in [5.74, 6) is 0.511. The van der Waals surface area contributed by atoms with E-state index in [9.17, 15) is 8.42 Å². The molecule has 3 aromatic rings. The molecule has 0 saturated heterocycles. The standard InChI is InChI=1S/C15H19N9O2S2/c1-8(6-16)22-28(26)11-4-3-10(9-2-5-12(17)19-7-9)13(14(11)27(18)25)15-20-23-24-21-15/h2-5,7-8,22H,6,16,18H2,1H3,(H2,17,19)(H,20,21,23,24). The Labute approximate surface area is 165 Å². The molecular weight excluding hydrogens is 402 g/mol. The molecule has 13 heteroatoms. The van der Waals surface area contributed by atoms with Crippen LogP contribution < -0.4 is 21.3 Å². The van der Waals surface area contributed by atoms with Crippen LogP contribution >= 0.6 is 0 Å². The summed E-state index contributed by atoms with van der Waals surface area (Å²) in [6.45, 7) is 2.06. The number of anilines is 1. The van der Waals surface area contributed by atoms with Crippen molar-refractivity contribution in [1.29, 1.82) is 0 Å². The highest BCUT2D eigenvalue weighted by Crippen LogP contribution is 2.37. The van der Waals surface area contributed by atoms with Crippen LogP contribution in [0.25, 0.3) is 22.5 Å². The molecule has 0 radical (unpaired) electrons. The van der Waals surface area contributed by atoms with Gasteiger partial charge in [-0.15, -0.1) is 10.2 Å². The first-order chi connectivity index (χ1) is 13.4. The molecule has 0 amide bonds. The summed E-state index contributed by atoms with van der Waals surface area (Å²) in [6.07, 6.45) is 1.56. The van der Waals surface area contributed by atoms with Gasteiger partial charge in [-0.2, -0.15) is 5.21 Å². The van der Waals surface area contributed by atoms with Gasteiger partial charge < -0.3 is 11.5 Å². The van der Waals surface area contributed by atoms with E-state index in [2.05, 4.69) is 30.3 Å². The maximum Gasteiger partial charge on any atom is 0.206 e. The largest absolute Gasteiger partial charge is 0.384 e. The van der Waals surface area contributed by atoms with Gasteiger partial charge in [-0.25, -0.2) is 23.3 Å². The van der Waals surface area contributed by atoms with Crippen LogP contribution in [-0.2, 0) is 22.0 Å².